The smallest absolute Gasteiger partial charge is 0.135 e. The molecule has 0 bridgehead atoms. The van der Waals surface area contributed by atoms with E-state index < -0.39 is 5.41 Å². The van der Waals surface area contributed by atoms with Gasteiger partial charge < -0.3 is 19.1 Å². The molecule has 3 heterocycles. The number of aromatic nitrogens is 2. The minimum atomic E-state index is -0.450. The minimum absolute atomic E-state index is 0. The van der Waals surface area contributed by atoms with E-state index in [4.69, 9.17) is 9.72 Å². The second-order valence-electron chi connectivity index (χ2n) is 20.4. The number of nitrogens with zero attached hydrogens (tertiary/aromatic N) is 4. The quantitative estimate of drug-likeness (QED) is 0.135. The molecule has 11 rings (SSSR count). The molecule has 0 saturated heterocycles. The van der Waals surface area contributed by atoms with Crippen molar-refractivity contribution >= 4 is 44.6 Å². The molecule has 10 aromatic rings. The third-order valence-electron chi connectivity index (χ3n) is 13.8. The zero-order valence-corrected chi connectivity index (χ0v) is 45.5. The van der Waals surface area contributed by atoms with E-state index in [0.29, 0.717) is 11.5 Å². The van der Waals surface area contributed by atoms with Crippen LogP contribution in [0.25, 0.3) is 38.8 Å². The molecule has 0 saturated carbocycles. The molecule has 0 radical (unpaired) electrons. The Morgan fingerprint density at radius 1 is 0.465 bits per heavy atom. The standard InChI is InChI=1S/C64H55N4O.2Pt/c1-62(2,3)49-37-50(63(4,5)6)39-52(38-49)67-43-66(58-28-17-18-29-59(58)67)51-26-19-27-53(41-51)69-54-31-32-55-56-36-45(44-20-11-8-12-21-44)30-33-57(56)68(60(55)42-54)61-40-48(34-35-65-61)64(7,46-22-13-9-14-23-46)47-24-15-10-16-25-47;;/h8-40,43H,1-7H3;;/q-3;;. The van der Waals surface area contributed by atoms with Crippen molar-refractivity contribution < 1.29 is 46.9 Å². The van der Waals surface area contributed by atoms with Gasteiger partial charge >= 0.3 is 0 Å². The van der Waals surface area contributed by atoms with Crippen molar-refractivity contribution in [3.63, 3.8) is 0 Å². The molecule has 0 spiro atoms. The zero-order chi connectivity index (χ0) is 47.5. The van der Waals surface area contributed by atoms with Gasteiger partial charge in [0.25, 0.3) is 0 Å². The van der Waals surface area contributed by atoms with Crippen LogP contribution >= 0.6 is 0 Å². The summed E-state index contributed by atoms with van der Waals surface area (Å²) in [5.74, 6) is 1.97. The fourth-order valence-corrected chi connectivity index (χ4v) is 9.81. The number of pyridine rings is 1. The molecule has 71 heavy (non-hydrogen) atoms. The van der Waals surface area contributed by atoms with Crippen LogP contribution in [-0.4, -0.2) is 9.55 Å². The summed E-state index contributed by atoms with van der Waals surface area (Å²) in [6.45, 7) is 18.2. The Balaban J connectivity index is 0.00000312. The monoisotopic (exact) mass is 1290 g/mol. The maximum Gasteiger partial charge on any atom is 0.135 e. The van der Waals surface area contributed by atoms with E-state index in [1.165, 1.54) is 22.3 Å². The summed E-state index contributed by atoms with van der Waals surface area (Å²) in [7, 11) is 0. The largest absolute Gasteiger partial charge is 0.509 e. The number of ether oxygens (including phenoxy) is 1. The van der Waals surface area contributed by atoms with Crippen molar-refractivity contribution in [3.05, 3.63) is 247 Å². The van der Waals surface area contributed by atoms with Crippen molar-refractivity contribution in [2.75, 3.05) is 9.80 Å². The maximum absolute atomic E-state index is 6.77. The summed E-state index contributed by atoms with van der Waals surface area (Å²) in [5, 5.41) is 2.17. The van der Waals surface area contributed by atoms with Crippen LogP contribution in [0.4, 0.5) is 22.7 Å². The third-order valence-corrected chi connectivity index (χ3v) is 13.8. The van der Waals surface area contributed by atoms with Crippen molar-refractivity contribution in [3.8, 4) is 28.4 Å². The molecule has 0 fully saturated rings. The fourth-order valence-electron chi connectivity index (χ4n) is 9.81. The zero-order valence-electron chi connectivity index (χ0n) is 41.0. The van der Waals surface area contributed by atoms with E-state index in [1.807, 2.05) is 24.4 Å². The number of benzene rings is 8. The summed E-state index contributed by atoms with van der Waals surface area (Å²) in [5.41, 5.74) is 14.1. The van der Waals surface area contributed by atoms with Crippen LogP contribution in [0.5, 0.6) is 11.5 Å². The van der Waals surface area contributed by atoms with Crippen LogP contribution in [0.3, 0.4) is 0 Å². The van der Waals surface area contributed by atoms with E-state index in [-0.39, 0.29) is 53.0 Å². The molecular formula is C64H55N4OPt2-3. The van der Waals surface area contributed by atoms with Crippen LogP contribution < -0.4 is 14.5 Å². The number of fused-ring (bicyclic) bond motifs is 4. The van der Waals surface area contributed by atoms with E-state index >= 15 is 0 Å². The Kier molecular flexibility index (Phi) is 13.6. The number of hydrogen-bond acceptors (Lipinski definition) is 4. The van der Waals surface area contributed by atoms with Gasteiger partial charge in [-0.25, -0.2) is 4.98 Å². The normalized spacial score (nSPS) is 12.7. The molecule has 0 N–H and O–H groups in total. The van der Waals surface area contributed by atoms with Crippen LogP contribution in [-0.2, 0) is 58.4 Å². The topological polar surface area (TPSA) is 33.5 Å². The average molecular weight is 1290 g/mol. The average Bonchev–Trinajstić information content (AvgIpc) is 3.92. The van der Waals surface area contributed by atoms with E-state index in [1.54, 1.807) is 0 Å². The van der Waals surface area contributed by atoms with E-state index in [0.717, 1.165) is 67.1 Å². The van der Waals surface area contributed by atoms with E-state index in [9.17, 15) is 0 Å². The Hall–Kier alpha value is -6.51. The van der Waals surface area contributed by atoms with Gasteiger partial charge in [-0.1, -0.05) is 168 Å². The second-order valence-corrected chi connectivity index (χ2v) is 20.4. The minimum Gasteiger partial charge on any atom is -0.509 e. The van der Waals surface area contributed by atoms with Gasteiger partial charge in [-0.3, -0.25) is 0 Å². The second kappa shape index (κ2) is 19.6. The van der Waals surface area contributed by atoms with Crippen LogP contribution in [0.1, 0.15) is 76.3 Å². The third kappa shape index (κ3) is 9.32. The fraction of sp³-hybridized carbons (Fsp3) is 0.156. The van der Waals surface area contributed by atoms with Crippen LogP contribution in [0.15, 0.2) is 200 Å². The van der Waals surface area contributed by atoms with Gasteiger partial charge in [0.15, 0.2) is 0 Å². The molecule has 1 aliphatic heterocycles. The van der Waals surface area contributed by atoms with Crippen LogP contribution in [0, 0.1) is 18.8 Å². The van der Waals surface area contributed by atoms with Crippen molar-refractivity contribution in [2.45, 2.75) is 64.7 Å². The predicted octanol–water partition coefficient (Wildman–Crippen LogP) is 16.6. The summed E-state index contributed by atoms with van der Waals surface area (Å²) < 4.78 is 9.00. The molecule has 8 aromatic carbocycles. The van der Waals surface area contributed by atoms with Gasteiger partial charge in [0.1, 0.15) is 5.82 Å². The number of para-hydroxylation sites is 2. The predicted molar refractivity (Wildman–Crippen MR) is 286 cm³/mol. The van der Waals surface area contributed by atoms with Crippen LogP contribution in [0.2, 0.25) is 0 Å². The molecular weight excluding hydrogens is 1230 g/mol. The first kappa shape index (κ1) is 49.5. The molecule has 1 aliphatic rings. The molecule has 0 aliphatic carbocycles. The van der Waals surface area contributed by atoms with Gasteiger partial charge in [-0.15, -0.1) is 48.1 Å². The van der Waals surface area contributed by atoms with Gasteiger partial charge in [0, 0.05) is 87.8 Å². The first-order valence-electron chi connectivity index (χ1n) is 23.9. The van der Waals surface area contributed by atoms with Crippen molar-refractivity contribution in [1.82, 2.24) is 9.55 Å². The van der Waals surface area contributed by atoms with Gasteiger partial charge in [-0.05, 0) is 105 Å². The summed E-state index contributed by atoms with van der Waals surface area (Å²) >= 11 is 0. The van der Waals surface area contributed by atoms with Gasteiger partial charge in [0.05, 0.1) is 0 Å². The number of rotatable bonds is 9. The molecule has 2 aromatic heterocycles. The molecule has 360 valence electrons. The maximum atomic E-state index is 6.77. The molecule has 7 heteroatoms. The summed E-state index contributed by atoms with van der Waals surface area (Å²) in [6.07, 6.45) is 1.94. The summed E-state index contributed by atoms with van der Waals surface area (Å²) in [6, 6.07) is 76.3. The molecule has 5 nitrogen and oxygen atoms in total. The van der Waals surface area contributed by atoms with Crippen molar-refractivity contribution in [1.29, 1.82) is 0 Å². The van der Waals surface area contributed by atoms with Gasteiger partial charge in [0.2, 0.25) is 0 Å². The number of anilines is 4. The first-order chi connectivity index (χ1) is 33.3. The number of hydrogen-bond donors (Lipinski definition) is 0. The Bertz CT molecular complexity index is 3430. The van der Waals surface area contributed by atoms with Crippen molar-refractivity contribution in [2.24, 2.45) is 0 Å². The molecule has 0 unspecified atom stereocenters. The Labute approximate surface area is 447 Å². The Morgan fingerprint density at radius 2 is 1.06 bits per heavy atom. The SMILES string of the molecule is CC(C)(C)c1cc(N2[CH-]N(c3[c-]c(Oc4[c-]c5c(cc4)c4cc(-c6ccccc6)ccc4n5-c4cc(C(C)(c5ccccc5)c5ccccc5)ccn4)ccc3)c3ccccc32)cc(C(C)(C)C)c1.[Pt].[Pt]. The summed E-state index contributed by atoms with van der Waals surface area (Å²) in [4.78, 5) is 9.60. The van der Waals surface area contributed by atoms with E-state index in [2.05, 4.69) is 258 Å². The van der Waals surface area contributed by atoms with Gasteiger partial charge in [-0.2, -0.15) is 12.1 Å². The Morgan fingerprint density at radius 3 is 1.69 bits per heavy atom. The molecule has 0 amide bonds. The molecule has 0 atom stereocenters. The first-order valence-corrected chi connectivity index (χ1v) is 23.9.